The van der Waals surface area contributed by atoms with Gasteiger partial charge in [0.05, 0.1) is 30.9 Å². The molecule has 0 bridgehead atoms. The van der Waals surface area contributed by atoms with Crippen LogP contribution < -0.4 is 10.1 Å². The molecule has 0 saturated heterocycles. The highest BCUT2D eigenvalue weighted by molar-refractivity contribution is 5.89. The molecule has 0 amide bonds. The number of aromatic nitrogens is 3. The standard InChI is InChI=1S/C22H23F3N4O3/c1-3-14-9-18(20-28-29-21(32-20)26-7-8-30-12-13-5-6-13)27-19-16(14)10-15(31-4-2)11-17(19)22(23,24)25/h5,9-11H,3-4,6-8,12H2,1-2H3,(H,26,29). The summed E-state index contributed by atoms with van der Waals surface area (Å²) in [6.07, 6.45) is -0.991. The fourth-order valence-corrected chi connectivity index (χ4v) is 3.26. The lowest BCUT2D eigenvalue weighted by Crippen LogP contribution is -2.09. The molecule has 170 valence electrons. The van der Waals surface area contributed by atoms with Crippen molar-refractivity contribution < 1.29 is 27.1 Å². The molecule has 0 radical (unpaired) electrons. The number of nitrogens with one attached hydrogen (secondary N) is 1. The van der Waals surface area contributed by atoms with Crippen molar-refractivity contribution in [3.8, 4) is 17.3 Å². The predicted octanol–water partition coefficient (Wildman–Crippen LogP) is 5.02. The summed E-state index contributed by atoms with van der Waals surface area (Å²) in [5, 5.41) is 11.2. The first-order valence-corrected chi connectivity index (χ1v) is 10.4. The number of benzene rings is 1. The monoisotopic (exact) mass is 448 g/mol. The largest absolute Gasteiger partial charge is 0.494 e. The van der Waals surface area contributed by atoms with Crippen molar-refractivity contribution in [2.45, 2.75) is 32.9 Å². The van der Waals surface area contributed by atoms with Gasteiger partial charge in [-0.05, 0) is 49.1 Å². The van der Waals surface area contributed by atoms with E-state index in [0.717, 1.165) is 12.5 Å². The zero-order valence-corrected chi connectivity index (χ0v) is 17.8. The Labute approximate surface area is 182 Å². The summed E-state index contributed by atoms with van der Waals surface area (Å²) < 4.78 is 57.8. The first-order chi connectivity index (χ1) is 15.4. The maximum absolute atomic E-state index is 13.8. The lowest BCUT2D eigenvalue weighted by Gasteiger charge is -2.15. The van der Waals surface area contributed by atoms with E-state index in [4.69, 9.17) is 13.9 Å². The number of hydrogen-bond acceptors (Lipinski definition) is 7. The lowest BCUT2D eigenvalue weighted by atomic mass is 10.0. The second-order valence-corrected chi connectivity index (χ2v) is 7.28. The van der Waals surface area contributed by atoms with Gasteiger partial charge in [0.2, 0.25) is 0 Å². The Morgan fingerprint density at radius 2 is 1.97 bits per heavy atom. The molecule has 1 aliphatic rings. The molecule has 0 atom stereocenters. The van der Waals surface area contributed by atoms with Gasteiger partial charge in [0.25, 0.3) is 5.89 Å². The van der Waals surface area contributed by atoms with Crippen LogP contribution in [0.15, 0.2) is 34.3 Å². The minimum atomic E-state index is -4.60. The van der Waals surface area contributed by atoms with E-state index >= 15 is 0 Å². The molecule has 32 heavy (non-hydrogen) atoms. The summed E-state index contributed by atoms with van der Waals surface area (Å²) in [5.74, 6) is 0.191. The quantitative estimate of drug-likeness (QED) is 0.344. The van der Waals surface area contributed by atoms with Crippen molar-refractivity contribution in [3.63, 3.8) is 0 Å². The molecule has 0 aliphatic heterocycles. The minimum absolute atomic E-state index is 0.0372. The molecular weight excluding hydrogens is 425 g/mol. The van der Waals surface area contributed by atoms with Gasteiger partial charge in [-0.3, -0.25) is 0 Å². The fourth-order valence-electron chi connectivity index (χ4n) is 3.26. The van der Waals surface area contributed by atoms with Gasteiger partial charge in [-0.25, -0.2) is 4.98 Å². The third-order valence-corrected chi connectivity index (χ3v) is 4.92. The van der Waals surface area contributed by atoms with Crippen molar-refractivity contribution >= 4 is 16.9 Å². The second-order valence-electron chi connectivity index (χ2n) is 7.28. The molecule has 1 aromatic carbocycles. The van der Waals surface area contributed by atoms with Gasteiger partial charge < -0.3 is 19.2 Å². The number of halogens is 3. The van der Waals surface area contributed by atoms with E-state index < -0.39 is 11.7 Å². The van der Waals surface area contributed by atoms with Gasteiger partial charge in [0.1, 0.15) is 11.4 Å². The van der Waals surface area contributed by atoms with E-state index in [0.29, 0.717) is 37.1 Å². The third-order valence-electron chi connectivity index (χ3n) is 4.92. The maximum Gasteiger partial charge on any atom is 0.418 e. The van der Waals surface area contributed by atoms with Crippen LogP contribution in [0.2, 0.25) is 0 Å². The van der Waals surface area contributed by atoms with E-state index in [1.54, 1.807) is 19.1 Å². The van der Waals surface area contributed by atoms with Crippen molar-refractivity contribution in [2.75, 3.05) is 31.7 Å². The second kappa shape index (κ2) is 9.15. The highest BCUT2D eigenvalue weighted by Crippen LogP contribution is 2.39. The Kier molecular flexibility index (Phi) is 6.31. The van der Waals surface area contributed by atoms with Gasteiger partial charge in [0, 0.05) is 11.9 Å². The van der Waals surface area contributed by atoms with Crippen LogP contribution in [-0.2, 0) is 17.3 Å². The van der Waals surface area contributed by atoms with Crippen molar-refractivity contribution in [3.05, 3.63) is 41.0 Å². The molecule has 4 rings (SSSR count). The van der Waals surface area contributed by atoms with Gasteiger partial charge in [0.15, 0.2) is 0 Å². The van der Waals surface area contributed by atoms with Crippen LogP contribution in [0.5, 0.6) is 5.75 Å². The Morgan fingerprint density at radius 3 is 2.66 bits per heavy atom. The fraction of sp³-hybridized carbons (Fsp3) is 0.409. The van der Waals surface area contributed by atoms with Crippen LogP contribution in [0.25, 0.3) is 22.5 Å². The average molecular weight is 448 g/mol. The van der Waals surface area contributed by atoms with E-state index in [9.17, 15) is 13.2 Å². The molecule has 0 unspecified atom stereocenters. The van der Waals surface area contributed by atoms with Crippen LogP contribution in [0.1, 0.15) is 31.4 Å². The van der Waals surface area contributed by atoms with Crippen molar-refractivity contribution in [1.82, 2.24) is 15.2 Å². The van der Waals surface area contributed by atoms with E-state index in [1.807, 2.05) is 6.92 Å². The minimum Gasteiger partial charge on any atom is -0.494 e. The predicted molar refractivity (Wildman–Crippen MR) is 113 cm³/mol. The summed E-state index contributed by atoms with van der Waals surface area (Å²) in [5.41, 5.74) is 1.10. The Bertz CT molecular complexity index is 1140. The zero-order valence-electron chi connectivity index (χ0n) is 17.8. The Morgan fingerprint density at radius 1 is 1.16 bits per heavy atom. The number of anilines is 1. The van der Waals surface area contributed by atoms with E-state index in [1.165, 1.54) is 5.57 Å². The molecule has 0 fully saturated rings. The molecule has 1 N–H and O–H groups in total. The number of allylic oxidation sites excluding steroid dienone is 1. The number of ether oxygens (including phenoxy) is 2. The first-order valence-electron chi connectivity index (χ1n) is 10.4. The van der Waals surface area contributed by atoms with Gasteiger partial charge in [-0.15, -0.1) is 5.10 Å². The number of fused-ring (bicyclic) bond motifs is 1. The smallest absolute Gasteiger partial charge is 0.418 e. The van der Waals surface area contributed by atoms with Crippen LogP contribution in [0, 0.1) is 0 Å². The Hall–Kier alpha value is -3.14. The zero-order chi connectivity index (χ0) is 22.7. The van der Waals surface area contributed by atoms with Crippen LogP contribution in [0.4, 0.5) is 19.2 Å². The summed E-state index contributed by atoms with van der Waals surface area (Å²) in [6.45, 7) is 5.37. The number of alkyl halides is 3. The number of aryl methyl sites for hydroxylation is 1. The molecule has 3 aromatic rings. The molecule has 0 saturated carbocycles. The number of hydrogen-bond donors (Lipinski definition) is 1. The van der Waals surface area contributed by atoms with E-state index in [-0.39, 0.29) is 35.5 Å². The Balaban J connectivity index is 1.62. The summed E-state index contributed by atoms with van der Waals surface area (Å²) >= 11 is 0. The topological polar surface area (TPSA) is 82.3 Å². The number of pyridine rings is 1. The van der Waals surface area contributed by atoms with Crippen LogP contribution in [0.3, 0.4) is 0 Å². The van der Waals surface area contributed by atoms with Crippen molar-refractivity contribution in [1.29, 1.82) is 0 Å². The molecular formula is C22H23F3N4O3. The molecule has 0 spiro atoms. The van der Waals surface area contributed by atoms with Gasteiger partial charge in [-0.2, -0.15) is 13.2 Å². The molecule has 10 heteroatoms. The molecule has 1 aliphatic carbocycles. The average Bonchev–Trinajstić information content (AvgIpc) is 3.47. The SMILES string of the molecule is CCOc1cc(C(F)(F)F)c2nc(-c3nnc(NCCOCC4=CC4)o3)cc(CC)c2c1. The summed E-state index contributed by atoms with van der Waals surface area (Å²) in [7, 11) is 0. The van der Waals surface area contributed by atoms with Crippen LogP contribution >= 0.6 is 0 Å². The highest BCUT2D eigenvalue weighted by atomic mass is 19.4. The lowest BCUT2D eigenvalue weighted by molar-refractivity contribution is -0.136. The summed E-state index contributed by atoms with van der Waals surface area (Å²) in [4.78, 5) is 4.24. The summed E-state index contributed by atoms with van der Waals surface area (Å²) in [6, 6.07) is 4.38. The number of nitrogens with zero attached hydrogens (tertiary/aromatic N) is 3. The number of rotatable bonds is 10. The first kappa shape index (κ1) is 22.1. The molecule has 7 nitrogen and oxygen atoms in total. The van der Waals surface area contributed by atoms with Gasteiger partial charge in [-0.1, -0.05) is 18.1 Å². The normalized spacial score (nSPS) is 13.3. The molecule has 2 aromatic heterocycles. The van der Waals surface area contributed by atoms with E-state index in [2.05, 4.69) is 26.6 Å². The molecule has 2 heterocycles. The third kappa shape index (κ3) is 5.01. The van der Waals surface area contributed by atoms with Gasteiger partial charge >= 0.3 is 12.2 Å². The maximum atomic E-state index is 13.8. The van der Waals surface area contributed by atoms with Crippen molar-refractivity contribution in [2.24, 2.45) is 0 Å². The van der Waals surface area contributed by atoms with Crippen LogP contribution in [-0.4, -0.2) is 41.5 Å². The highest BCUT2D eigenvalue weighted by Gasteiger charge is 2.35.